The quantitative estimate of drug-likeness (QED) is 0.589. The average molecular weight is 348 g/mol. The Balaban J connectivity index is 2.07. The van der Waals surface area contributed by atoms with E-state index in [9.17, 15) is 19.8 Å². The zero-order valence-electron chi connectivity index (χ0n) is 15.7. The summed E-state index contributed by atoms with van der Waals surface area (Å²) in [4.78, 5) is 25.0. The summed E-state index contributed by atoms with van der Waals surface area (Å²) in [5.41, 5.74) is 0.0397. The number of esters is 1. The second-order valence-electron chi connectivity index (χ2n) is 8.69. The second-order valence-corrected chi connectivity index (χ2v) is 8.69. The maximum atomic E-state index is 12.7. The molecule has 3 saturated carbocycles. The lowest BCUT2D eigenvalue weighted by atomic mass is 9.37. The fraction of sp³-hybridized carbons (Fsp3) is 0.700. The SMILES string of the molecule is CC=C(C)C(=O)OC1C(O)C(O)C2(C)C3C(=O)C=C(C)C2C3C1(C)C. The Morgan fingerprint density at radius 1 is 1.24 bits per heavy atom. The van der Waals surface area contributed by atoms with Crippen LogP contribution in [0.2, 0.25) is 0 Å². The van der Waals surface area contributed by atoms with E-state index >= 15 is 0 Å². The molecular formula is C20H28O5. The van der Waals surface area contributed by atoms with Crippen molar-refractivity contribution >= 4 is 11.8 Å². The van der Waals surface area contributed by atoms with Gasteiger partial charge in [0.05, 0.1) is 6.10 Å². The molecule has 0 amide bonds. The predicted molar refractivity (Wildman–Crippen MR) is 92.4 cm³/mol. The Kier molecular flexibility index (Phi) is 4.05. The number of aliphatic hydroxyl groups is 2. The molecule has 4 aliphatic rings. The van der Waals surface area contributed by atoms with E-state index in [1.807, 2.05) is 27.7 Å². The molecule has 5 heteroatoms. The summed E-state index contributed by atoms with van der Waals surface area (Å²) in [5.74, 6) is -0.914. The van der Waals surface area contributed by atoms with Crippen molar-refractivity contribution in [3.63, 3.8) is 0 Å². The van der Waals surface area contributed by atoms with Gasteiger partial charge in [0.25, 0.3) is 0 Å². The Labute approximate surface area is 148 Å². The van der Waals surface area contributed by atoms with Gasteiger partial charge in [0.15, 0.2) is 5.78 Å². The lowest BCUT2D eigenvalue weighted by Crippen LogP contribution is -2.67. The Morgan fingerprint density at radius 3 is 2.36 bits per heavy atom. The molecule has 7 unspecified atom stereocenters. The first-order valence-corrected chi connectivity index (χ1v) is 8.91. The van der Waals surface area contributed by atoms with Crippen molar-refractivity contribution in [1.29, 1.82) is 0 Å². The Morgan fingerprint density at radius 2 is 1.84 bits per heavy atom. The summed E-state index contributed by atoms with van der Waals surface area (Å²) in [6, 6.07) is 0. The van der Waals surface area contributed by atoms with E-state index in [0.29, 0.717) is 5.57 Å². The van der Waals surface area contributed by atoms with Gasteiger partial charge in [0, 0.05) is 22.3 Å². The standard InChI is InChI=1S/C20H28O5/c1-7-9(2)18(24)25-17-15(22)16(23)20(6)12-10(3)8-11(21)13(20)14(12)19(17,4)5/h7-8,12-17,22-23H,1-6H3. The number of aliphatic hydroxyl groups excluding tert-OH is 2. The first kappa shape index (κ1) is 18.3. The third kappa shape index (κ3) is 2.15. The fourth-order valence-electron chi connectivity index (χ4n) is 5.64. The van der Waals surface area contributed by atoms with Gasteiger partial charge in [-0.3, -0.25) is 4.79 Å². The number of rotatable bonds is 2. The minimum Gasteiger partial charge on any atom is -0.456 e. The number of allylic oxidation sites excluding steroid dienone is 3. The van der Waals surface area contributed by atoms with Crippen molar-refractivity contribution < 1.29 is 24.5 Å². The Hall–Kier alpha value is -1.46. The van der Waals surface area contributed by atoms with Crippen LogP contribution in [-0.2, 0) is 14.3 Å². The number of carbonyl (C=O) groups is 2. The number of ketones is 1. The molecule has 4 rings (SSSR count). The third-order valence-electron chi connectivity index (χ3n) is 7.08. The summed E-state index contributed by atoms with van der Waals surface area (Å²) in [5, 5.41) is 21.8. The zero-order valence-corrected chi connectivity index (χ0v) is 15.7. The fourth-order valence-corrected chi connectivity index (χ4v) is 5.64. The van der Waals surface area contributed by atoms with Crippen molar-refractivity contribution in [1.82, 2.24) is 0 Å². The summed E-state index contributed by atoms with van der Waals surface area (Å²) < 4.78 is 5.65. The van der Waals surface area contributed by atoms with Crippen LogP contribution in [0.1, 0.15) is 41.5 Å². The number of hydrogen-bond acceptors (Lipinski definition) is 5. The van der Waals surface area contributed by atoms with Crippen LogP contribution in [-0.4, -0.2) is 40.3 Å². The highest BCUT2D eigenvalue weighted by Crippen LogP contribution is 2.71. The molecule has 4 bridgehead atoms. The van der Waals surface area contributed by atoms with Crippen LogP contribution in [0.15, 0.2) is 23.3 Å². The number of fused-ring (bicyclic) bond motifs is 3. The van der Waals surface area contributed by atoms with E-state index < -0.39 is 35.1 Å². The zero-order chi connectivity index (χ0) is 18.9. The summed E-state index contributed by atoms with van der Waals surface area (Å²) in [7, 11) is 0. The molecule has 2 N–H and O–H groups in total. The van der Waals surface area contributed by atoms with Gasteiger partial charge in [-0.1, -0.05) is 32.4 Å². The third-order valence-corrected chi connectivity index (χ3v) is 7.08. The first-order chi connectivity index (χ1) is 11.5. The van der Waals surface area contributed by atoms with Crippen LogP contribution in [0.4, 0.5) is 0 Å². The molecule has 0 spiro atoms. The molecule has 25 heavy (non-hydrogen) atoms. The van der Waals surface area contributed by atoms with Crippen molar-refractivity contribution in [2.75, 3.05) is 0 Å². The maximum absolute atomic E-state index is 12.7. The van der Waals surface area contributed by atoms with E-state index in [4.69, 9.17) is 4.74 Å². The van der Waals surface area contributed by atoms with Crippen molar-refractivity contribution in [2.24, 2.45) is 28.6 Å². The van der Waals surface area contributed by atoms with Crippen LogP contribution < -0.4 is 0 Å². The number of ether oxygens (including phenoxy) is 1. The van der Waals surface area contributed by atoms with Crippen LogP contribution in [0, 0.1) is 28.6 Å². The van der Waals surface area contributed by atoms with Crippen molar-refractivity contribution in [3.8, 4) is 0 Å². The minimum absolute atomic E-state index is 0.00127. The van der Waals surface area contributed by atoms with E-state index in [1.165, 1.54) is 0 Å². The average Bonchev–Trinajstić information content (AvgIpc) is 2.60. The van der Waals surface area contributed by atoms with Crippen LogP contribution in [0.3, 0.4) is 0 Å². The van der Waals surface area contributed by atoms with Gasteiger partial charge in [-0.25, -0.2) is 4.79 Å². The lowest BCUT2D eigenvalue weighted by molar-refractivity contribution is -0.195. The molecule has 7 atom stereocenters. The molecule has 0 saturated heterocycles. The highest BCUT2D eigenvalue weighted by molar-refractivity contribution is 5.96. The van der Waals surface area contributed by atoms with Gasteiger partial charge in [-0.05, 0) is 38.7 Å². The molecular weight excluding hydrogens is 320 g/mol. The van der Waals surface area contributed by atoms with Gasteiger partial charge in [-0.15, -0.1) is 0 Å². The maximum Gasteiger partial charge on any atom is 0.333 e. The smallest absolute Gasteiger partial charge is 0.333 e. The molecule has 0 radical (unpaired) electrons. The molecule has 3 fully saturated rings. The summed E-state index contributed by atoms with van der Waals surface area (Å²) >= 11 is 0. The molecule has 0 aromatic carbocycles. The topological polar surface area (TPSA) is 83.8 Å². The number of hydrogen-bond donors (Lipinski definition) is 2. The van der Waals surface area contributed by atoms with Gasteiger partial charge in [0.2, 0.25) is 0 Å². The highest BCUT2D eigenvalue weighted by atomic mass is 16.6. The molecule has 0 aliphatic heterocycles. The Bertz CT molecular complexity index is 688. The van der Waals surface area contributed by atoms with E-state index in [1.54, 1.807) is 26.0 Å². The summed E-state index contributed by atoms with van der Waals surface area (Å²) in [6.45, 7) is 11.0. The van der Waals surface area contributed by atoms with E-state index in [-0.39, 0.29) is 23.5 Å². The minimum atomic E-state index is -1.23. The van der Waals surface area contributed by atoms with Crippen molar-refractivity contribution in [2.45, 2.75) is 59.9 Å². The van der Waals surface area contributed by atoms with Gasteiger partial charge in [0.1, 0.15) is 12.2 Å². The monoisotopic (exact) mass is 348 g/mol. The van der Waals surface area contributed by atoms with Gasteiger partial charge in [-0.2, -0.15) is 0 Å². The van der Waals surface area contributed by atoms with E-state index in [0.717, 1.165) is 5.57 Å². The lowest BCUT2D eigenvalue weighted by Gasteiger charge is -2.65. The van der Waals surface area contributed by atoms with Crippen LogP contribution >= 0.6 is 0 Å². The summed E-state index contributed by atoms with van der Waals surface area (Å²) in [6.07, 6.45) is 0.0879. The van der Waals surface area contributed by atoms with Crippen LogP contribution in [0.25, 0.3) is 0 Å². The molecule has 0 heterocycles. The van der Waals surface area contributed by atoms with E-state index in [2.05, 4.69) is 0 Å². The molecule has 5 nitrogen and oxygen atoms in total. The normalized spacial score (nSPS) is 45.2. The molecule has 0 aromatic heterocycles. The molecule has 138 valence electrons. The van der Waals surface area contributed by atoms with Crippen LogP contribution in [0.5, 0.6) is 0 Å². The first-order valence-electron chi connectivity index (χ1n) is 8.91. The number of carbonyl (C=O) groups excluding carboxylic acids is 2. The van der Waals surface area contributed by atoms with Gasteiger partial charge < -0.3 is 14.9 Å². The predicted octanol–water partition coefficient (Wildman–Crippen LogP) is 2.02. The second kappa shape index (κ2) is 5.52. The largest absolute Gasteiger partial charge is 0.456 e. The molecule has 4 aliphatic carbocycles. The molecule has 0 aromatic rings. The van der Waals surface area contributed by atoms with Crippen molar-refractivity contribution in [3.05, 3.63) is 23.3 Å². The highest BCUT2D eigenvalue weighted by Gasteiger charge is 2.75. The van der Waals surface area contributed by atoms with Gasteiger partial charge >= 0.3 is 5.97 Å².